The maximum Gasteiger partial charge on any atom is 0.261 e. The van der Waals surface area contributed by atoms with E-state index in [1.165, 1.54) is 17.6 Å². The first kappa shape index (κ1) is 10.7. The molecule has 1 aromatic heterocycles. The first-order valence-electron chi connectivity index (χ1n) is 4.40. The van der Waals surface area contributed by atoms with Gasteiger partial charge in [-0.2, -0.15) is 0 Å². The van der Waals surface area contributed by atoms with Crippen molar-refractivity contribution in [1.29, 1.82) is 0 Å². The molecule has 0 aliphatic rings. The molecule has 0 radical (unpaired) electrons. The van der Waals surface area contributed by atoms with Gasteiger partial charge in [0.25, 0.3) is 5.56 Å². The molecule has 0 saturated carbocycles. The van der Waals surface area contributed by atoms with Crippen LogP contribution in [0.25, 0.3) is 0 Å². The number of rotatable bonds is 3. The summed E-state index contributed by atoms with van der Waals surface area (Å²) in [6.07, 6.45) is 0. The molecule has 4 heteroatoms. The summed E-state index contributed by atoms with van der Waals surface area (Å²) in [6, 6.07) is 3.22. The molecule has 0 unspecified atom stereocenters. The van der Waals surface area contributed by atoms with Crippen molar-refractivity contribution < 1.29 is 9.90 Å². The van der Waals surface area contributed by atoms with E-state index in [9.17, 15) is 9.59 Å². The Morgan fingerprint density at radius 2 is 2.14 bits per heavy atom. The second kappa shape index (κ2) is 4.19. The Bertz CT molecular complexity index is 406. The van der Waals surface area contributed by atoms with E-state index in [0.29, 0.717) is 0 Å². The Morgan fingerprint density at radius 1 is 1.50 bits per heavy atom. The molecule has 1 heterocycles. The third kappa shape index (κ3) is 1.90. The molecule has 4 nitrogen and oxygen atoms in total. The van der Waals surface area contributed by atoms with E-state index in [0.717, 1.165) is 5.69 Å². The topological polar surface area (TPSA) is 59.3 Å². The number of ketones is 1. The first-order chi connectivity index (χ1) is 6.57. The van der Waals surface area contributed by atoms with E-state index >= 15 is 0 Å². The monoisotopic (exact) mass is 195 g/mol. The van der Waals surface area contributed by atoms with Gasteiger partial charge < -0.3 is 9.67 Å². The summed E-state index contributed by atoms with van der Waals surface area (Å²) < 4.78 is 1.40. The predicted molar refractivity (Wildman–Crippen MR) is 52.5 cm³/mol. The molecule has 76 valence electrons. The number of hydrogen-bond donors (Lipinski definition) is 1. The zero-order valence-corrected chi connectivity index (χ0v) is 8.28. The van der Waals surface area contributed by atoms with E-state index in [-0.39, 0.29) is 30.1 Å². The van der Waals surface area contributed by atoms with Crippen molar-refractivity contribution in [1.82, 2.24) is 4.57 Å². The van der Waals surface area contributed by atoms with Gasteiger partial charge in [-0.1, -0.05) is 0 Å². The Labute approximate surface area is 81.8 Å². The molecule has 0 aromatic carbocycles. The summed E-state index contributed by atoms with van der Waals surface area (Å²) in [7, 11) is 0. The van der Waals surface area contributed by atoms with Gasteiger partial charge in [-0.3, -0.25) is 9.59 Å². The van der Waals surface area contributed by atoms with Crippen molar-refractivity contribution in [3.8, 4) is 0 Å². The van der Waals surface area contributed by atoms with Crippen LogP contribution in [0, 0.1) is 6.92 Å². The molecular formula is C10H13NO3. The van der Waals surface area contributed by atoms with Crippen LogP contribution in [0.15, 0.2) is 16.9 Å². The van der Waals surface area contributed by atoms with Crippen LogP contribution in [0.4, 0.5) is 0 Å². The van der Waals surface area contributed by atoms with Gasteiger partial charge in [0.15, 0.2) is 5.78 Å². The molecule has 0 saturated heterocycles. The molecule has 0 atom stereocenters. The Morgan fingerprint density at radius 3 is 2.64 bits per heavy atom. The van der Waals surface area contributed by atoms with Crippen LogP contribution in [0.2, 0.25) is 0 Å². The van der Waals surface area contributed by atoms with Crippen LogP contribution in [0.3, 0.4) is 0 Å². The standard InChI is InChI=1S/C10H13NO3/c1-7-3-4-9(8(2)13)10(14)11(7)5-6-12/h3-4,12H,5-6H2,1-2H3. The van der Waals surface area contributed by atoms with Gasteiger partial charge in [-0.25, -0.2) is 0 Å². The van der Waals surface area contributed by atoms with Crippen molar-refractivity contribution in [2.45, 2.75) is 20.4 Å². The number of carbonyl (C=O) groups excluding carboxylic acids is 1. The highest BCUT2D eigenvalue weighted by molar-refractivity contribution is 5.93. The van der Waals surface area contributed by atoms with Crippen molar-refractivity contribution in [3.63, 3.8) is 0 Å². The zero-order chi connectivity index (χ0) is 10.7. The second-order valence-electron chi connectivity index (χ2n) is 3.12. The number of aliphatic hydroxyl groups excluding tert-OH is 1. The summed E-state index contributed by atoms with van der Waals surface area (Å²) >= 11 is 0. The average molecular weight is 195 g/mol. The van der Waals surface area contributed by atoms with Gasteiger partial charge in [-0.15, -0.1) is 0 Å². The van der Waals surface area contributed by atoms with Crippen molar-refractivity contribution in [2.24, 2.45) is 0 Å². The highest BCUT2D eigenvalue weighted by Crippen LogP contribution is 1.99. The van der Waals surface area contributed by atoms with Crippen LogP contribution in [0.1, 0.15) is 23.0 Å². The molecule has 1 rings (SSSR count). The normalized spacial score (nSPS) is 10.2. The van der Waals surface area contributed by atoms with Gasteiger partial charge in [0, 0.05) is 12.2 Å². The fraction of sp³-hybridized carbons (Fsp3) is 0.400. The summed E-state index contributed by atoms with van der Waals surface area (Å²) in [5.74, 6) is -0.248. The SMILES string of the molecule is CC(=O)c1ccc(C)n(CCO)c1=O. The number of aliphatic hydroxyl groups is 1. The molecule has 0 bridgehead atoms. The minimum atomic E-state index is -0.327. The Kier molecular flexibility index (Phi) is 3.19. The second-order valence-corrected chi connectivity index (χ2v) is 3.12. The van der Waals surface area contributed by atoms with E-state index in [1.54, 1.807) is 13.0 Å². The molecular weight excluding hydrogens is 182 g/mol. The maximum atomic E-state index is 11.7. The summed E-state index contributed by atoms with van der Waals surface area (Å²) in [5, 5.41) is 8.75. The largest absolute Gasteiger partial charge is 0.395 e. The molecule has 0 fully saturated rings. The molecule has 0 aliphatic heterocycles. The van der Waals surface area contributed by atoms with Gasteiger partial charge in [0.05, 0.1) is 12.2 Å². The minimum absolute atomic E-state index is 0.109. The van der Waals surface area contributed by atoms with Gasteiger partial charge >= 0.3 is 0 Å². The van der Waals surface area contributed by atoms with Crippen LogP contribution < -0.4 is 5.56 Å². The first-order valence-corrected chi connectivity index (χ1v) is 4.40. The fourth-order valence-electron chi connectivity index (χ4n) is 1.32. The molecule has 14 heavy (non-hydrogen) atoms. The lowest BCUT2D eigenvalue weighted by atomic mass is 10.2. The van der Waals surface area contributed by atoms with Crippen molar-refractivity contribution in [2.75, 3.05) is 6.61 Å². The van der Waals surface area contributed by atoms with Crippen molar-refractivity contribution in [3.05, 3.63) is 33.7 Å². The molecule has 0 spiro atoms. The number of pyridine rings is 1. The summed E-state index contributed by atoms with van der Waals surface area (Å²) in [5.41, 5.74) is 0.588. The number of Topliss-reactive ketones (excluding diaryl/α,β-unsaturated/α-hetero) is 1. The van der Waals surface area contributed by atoms with Crippen molar-refractivity contribution >= 4 is 5.78 Å². The lowest BCUT2D eigenvalue weighted by Gasteiger charge is -2.08. The number of aromatic nitrogens is 1. The quantitative estimate of drug-likeness (QED) is 0.708. The number of aryl methyl sites for hydroxylation is 1. The van der Waals surface area contributed by atoms with Crippen LogP contribution in [-0.4, -0.2) is 22.1 Å². The van der Waals surface area contributed by atoms with E-state index in [1.807, 2.05) is 0 Å². The van der Waals surface area contributed by atoms with E-state index in [4.69, 9.17) is 5.11 Å². The Balaban J connectivity index is 3.34. The Hall–Kier alpha value is -1.42. The number of carbonyl (C=O) groups is 1. The average Bonchev–Trinajstić information content (AvgIpc) is 2.11. The molecule has 1 N–H and O–H groups in total. The lowest BCUT2D eigenvalue weighted by Crippen LogP contribution is -2.28. The third-order valence-corrected chi connectivity index (χ3v) is 2.10. The third-order valence-electron chi connectivity index (χ3n) is 2.10. The predicted octanol–water partition coefficient (Wildman–Crippen LogP) is 0.352. The van der Waals surface area contributed by atoms with E-state index < -0.39 is 0 Å². The van der Waals surface area contributed by atoms with Gasteiger partial charge in [-0.05, 0) is 26.0 Å². The van der Waals surface area contributed by atoms with Crippen LogP contribution in [0.5, 0.6) is 0 Å². The zero-order valence-electron chi connectivity index (χ0n) is 8.28. The highest BCUT2D eigenvalue weighted by Gasteiger charge is 2.08. The fourth-order valence-corrected chi connectivity index (χ4v) is 1.32. The lowest BCUT2D eigenvalue weighted by molar-refractivity contribution is 0.101. The highest BCUT2D eigenvalue weighted by atomic mass is 16.3. The molecule has 0 aliphatic carbocycles. The van der Waals surface area contributed by atoms with E-state index in [2.05, 4.69) is 0 Å². The minimum Gasteiger partial charge on any atom is -0.395 e. The summed E-state index contributed by atoms with van der Waals surface area (Å²) in [4.78, 5) is 22.7. The van der Waals surface area contributed by atoms with Gasteiger partial charge in [0.2, 0.25) is 0 Å². The number of hydrogen-bond acceptors (Lipinski definition) is 3. The number of nitrogens with zero attached hydrogens (tertiary/aromatic N) is 1. The molecule has 1 aromatic rings. The maximum absolute atomic E-state index is 11.7. The smallest absolute Gasteiger partial charge is 0.261 e. The molecule has 0 amide bonds. The van der Waals surface area contributed by atoms with Crippen LogP contribution in [-0.2, 0) is 6.54 Å². The van der Waals surface area contributed by atoms with Crippen LogP contribution >= 0.6 is 0 Å². The summed E-state index contributed by atoms with van der Waals surface area (Å²) in [6.45, 7) is 3.24. The van der Waals surface area contributed by atoms with Gasteiger partial charge in [0.1, 0.15) is 0 Å².